The van der Waals surface area contributed by atoms with Crippen molar-refractivity contribution in [2.75, 3.05) is 20.1 Å². The van der Waals surface area contributed by atoms with Gasteiger partial charge in [-0.2, -0.15) is 0 Å². The average molecular weight is 258 g/mol. The second-order valence-electron chi connectivity index (χ2n) is 5.20. The third-order valence-electron chi connectivity index (χ3n) is 2.36. The monoisotopic (exact) mass is 258 g/mol. The van der Waals surface area contributed by atoms with Crippen molar-refractivity contribution < 1.29 is 14.3 Å². The van der Waals surface area contributed by atoms with Crippen molar-refractivity contribution in [2.24, 2.45) is 0 Å². The molecule has 0 aromatic carbocycles. The van der Waals surface area contributed by atoms with E-state index in [0.717, 1.165) is 25.9 Å². The van der Waals surface area contributed by atoms with Crippen molar-refractivity contribution in [2.45, 2.75) is 52.6 Å². The van der Waals surface area contributed by atoms with E-state index in [-0.39, 0.29) is 17.6 Å². The van der Waals surface area contributed by atoms with Gasteiger partial charge < -0.3 is 15.0 Å². The molecule has 1 aliphatic rings. The van der Waals surface area contributed by atoms with Gasteiger partial charge in [-0.15, -0.1) is 0 Å². The molecule has 1 N–H and O–H groups in total. The molecule has 1 aliphatic heterocycles. The number of carbonyl (C=O) groups is 2. The summed E-state index contributed by atoms with van der Waals surface area (Å²) in [4.78, 5) is 23.2. The molecule has 0 atom stereocenters. The summed E-state index contributed by atoms with van der Waals surface area (Å²) in [6.07, 6.45) is 2.63. The van der Waals surface area contributed by atoms with Crippen LogP contribution in [-0.2, 0) is 9.53 Å². The molecule has 5 nitrogen and oxygen atoms in total. The summed E-state index contributed by atoms with van der Waals surface area (Å²) in [6, 6.07) is 0. The lowest BCUT2D eigenvalue weighted by Gasteiger charge is -2.23. The fourth-order valence-electron chi connectivity index (χ4n) is 1.40. The van der Waals surface area contributed by atoms with E-state index in [1.807, 2.05) is 27.7 Å². The highest BCUT2D eigenvalue weighted by Gasteiger charge is 2.23. The van der Waals surface area contributed by atoms with E-state index < -0.39 is 0 Å². The number of carbonyl (C=O) groups excluding carboxylic acids is 2. The maximum Gasteiger partial charge on any atom is 0.410 e. The molecular formula is C13H26N2O3. The van der Waals surface area contributed by atoms with Crippen molar-refractivity contribution >= 4 is 12.0 Å². The highest BCUT2D eigenvalue weighted by Crippen LogP contribution is 2.14. The fourth-order valence-corrected chi connectivity index (χ4v) is 1.40. The lowest BCUT2D eigenvalue weighted by atomic mass is 10.2. The molecule has 5 heteroatoms. The predicted molar refractivity (Wildman–Crippen MR) is 71.4 cm³/mol. The van der Waals surface area contributed by atoms with Crippen molar-refractivity contribution in [3.63, 3.8) is 0 Å². The van der Waals surface area contributed by atoms with E-state index in [1.54, 1.807) is 11.9 Å². The molecule has 1 saturated heterocycles. The summed E-state index contributed by atoms with van der Waals surface area (Å²) in [5.74, 6) is 0.0926. The maximum absolute atomic E-state index is 11.4. The van der Waals surface area contributed by atoms with E-state index in [0.29, 0.717) is 6.42 Å². The Morgan fingerprint density at radius 1 is 1.22 bits per heavy atom. The molecule has 0 aromatic heterocycles. The number of hydrogen-bond donors (Lipinski definition) is 1. The number of ether oxygens (including phenoxy) is 1. The lowest BCUT2D eigenvalue weighted by molar-refractivity contribution is -0.120. The van der Waals surface area contributed by atoms with Gasteiger partial charge in [0.1, 0.15) is 5.60 Å². The number of amides is 2. The lowest BCUT2D eigenvalue weighted by Crippen LogP contribution is -2.34. The number of hydrogen-bond acceptors (Lipinski definition) is 3. The SMILES string of the molecule is CC(C)(C)OC(=O)N1CCCC1.CCC(=O)NC. The zero-order chi connectivity index (χ0) is 14.2. The highest BCUT2D eigenvalue weighted by molar-refractivity contribution is 5.75. The molecule has 0 unspecified atom stereocenters. The first kappa shape index (κ1) is 16.7. The van der Waals surface area contributed by atoms with Crippen LogP contribution in [0.5, 0.6) is 0 Å². The second kappa shape index (κ2) is 7.95. The number of likely N-dealkylation sites (tertiary alicyclic amines) is 1. The summed E-state index contributed by atoms with van der Waals surface area (Å²) in [6.45, 7) is 9.20. The molecule has 1 heterocycles. The second-order valence-corrected chi connectivity index (χ2v) is 5.20. The predicted octanol–water partition coefficient (Wildman–Crippen LogP) is 2.16. The Bertz CT molecular complexity index is 260. The van der Waals surface area contributed by atoms with Crippen molar-refractivity contribution in [3.8, 4) is 0 Å². The molecule has 0 aliphatic carbocycles. The zero-order valence-electron chi connectivity index (χ0n) is 12.2. The van der Waals surface area contributed by atoms with Crippen molar-refractivity contribution in [3.05, 3.63) is 0 Å². The van der Waals surface area contributed by atoms with Crippen LogP contribution in [0.1, 0.15) is 47.0 Å². The highest BCUT2D eigenvalue weighted by atomic mass is 16.6. The average Bonchev–Trinajstić information content (AvgIpc) is 2.80. The molecule has 1 fully saturated rings. The molecule has 18 heavy (non-hydrogen) atoms. The molecule has 2 amide bonds. The zero-order valence-corrected chi connectivity index (χ0v) is 12.2. The van der Waals surface area contributed by atoms with E-state index >= 15 is 0 Å². The van der Waals surface area contributed by atoms with Crippen LogP contribution < -0.4 is 5.32 Å². The van der Waals surface area contributed by atoms with Crippen LogP contribution in [0.4, 0.5) is 4.79 Å². The normalized spacial score (nSPS) is 14.6. The molecule has 0 bridgehead atoms. The van der Waals surface area contributed by atoms with E-state index in [1.165, 1.54) is 0 Å². The van der Waals surface area contributed by atoms with Crippen LogP contribution in [0.15, 0.2) is 0 Å². The summed E-state index contributed by atoms with van der Waals surface area (Å²) in [5.41, 5.74) is -0.361. The fraction of sp³-hybridized carbons (Fsp3) is 0.846. The standard InChI is InChI=1S/C9H17NO2.C4H9NO/c1-9(2,3)12-8(11)10-6-4-5-7-10;1-3-4(6)5-2/h4-7H2,1-3H3;3H2,1-2H3,(H,5,6). The number of nitrogens with zero attached hydrogens (tertiary/aromatic N) is 1. The number of nitrogens with one attached hydrogen (secondary N) is 1. The van der Waals surface area contributed by atoms with Gasteiger partial charge in [-0.1, -0.05) is 6.92 Å². The third kappa shape index (κ3) is 7.92. The van der Waals surface area contributed by atoms with Crippen LogP contribution in [-0.4, -0.2) is 42.6 Å². The minimum atomic E-state index is -0.361. The van der Waals surface area contributed by atoms with Gasteiger partial charge in [0.25, 0.3) is 0 Å². The van der Waals surface area contributed by atoms with Crippen LogP contribution in [0, 0.1) is 0 Å². The van der Waals surface area contributed by atoms with E-state index in [2.05, 4.69) is 5.32 Å². The maximum atomic E-state index is 11.4. The van der Waals surface area contributed by atoms with Gasteiger partial charge >= 0.3 is 6.09 Å². The van der Waals surface area contributed by atoms with Crippen LogP contribution >= 0.6 is 0 Å². The Morgan fingerprint density at radius 3 is 2.00 bits per heavy atom. The first-order chi connectivity index (χ1) is 8.30. The third-order valence-corrected chi connectivity index (χ3v) is 2.36. The molecule has 1 rings (SSSR count). The largest absolute Gasteiger partial charge is 0.444 e. The van der Waals surface area contributed by atoms with Crippen molar-refractivity contribution in [1.82, 2.24) is 10.2 Å². The first-order valence-electron chi connectivity index (χ1n) is 6.48. The Balaban J connectivity index is 0.000000411. The summed E-state index contributed by atoms with van der Waals surface area (Å²) in [7, 11) is 1.63. The smallest absolute Gasteiger partial charge is 0.410 e. The van der Waals surface area contributed by atoms with Gasteiger partial charge in [0, 0.05) is 26.6 Å². The quantitative estimate of drug-likeness (QED) is 0.784. The van der Waals surface area contributed by atoms with Gasteiger partial charge in [0.15, 0.2) is 0 Å². The van der Waals surface area contributed by atoms with Crippen LogP contribution in [0.3, 0.4) is 0 Å². The Labute approximate surface area is 110 Å². The summed E-state index contributed by atoms with van der Waals surface area (Å²) in [5, 5.41) is 2.48. The molecule has 106 valence electrons. The Kier molecular flexibility index (Phi) is 7.39. The van der Waals surface area contributed by atoms with Gasteiger partial charge in [-0.05, 0) is 33.6 Å². The van der Waals surface area contributed by atoms with Gasteiger partial charge in [-0.3, -0.25) is 4.79 Å². The minimum Gasteiger partial charge on any atom is -0.444 e. The van der Waals surface area contributed by atoms with E-state index in [9.17, 15) is 9.59 Å². The van der Waals surface area contributed by atoms with E-state index in [4.69, 9.17) is 4.74 Å². The van der Waals surface area contributed by atoms with Crippen LogP contribution in [0.2, 0.25) is 0 Å². The first-order valence-corrected chi connectivity index (χ1v) is 6.48. The number of rotatable bonds is 1. The van der Waals surface area contributed by atoms with Gasteiger partial charge in [0.2, 0.25) is 5.91 Å². The molecule has 0 radical (unpaired) electrons. The Hall–Kier alpha value is -1.26. The minimum absolute atomic E-state index is 0.0926. The molecule has 0 spiro atoms. The topological polar surface area (TPSA) is 58.6 Å². The summed E-state index contributed by atoms with van der Waals surface area (Å²) >= 11 is 0. The van der Waals surface area contributed by atoms with Gasteiger partial charge in [-0.25, -0.2) is 4.79 Å². The molecule has 0 saturated carbocycles. The van der Waals surface area contributed by atoms with Crippen LogP contribution in [0.25, 0.3) is 0 Å². The molecular weight excluding hydrogens is 232 g/mol. The van der Waals surface area contributed by atoms with Crippen molar-refractivity contribution in [1.29, 1.82) is 0 Å². The van der Waals surface area contributed by atoms with Gasteiger partial charge in [0.05, 0.1) is 0 Å². The molecule has 0 aromatic rings. The summed E-state index contributed by atoms with van der Waals surface area (Å²) < 4.78 is 5.21. The Morgan fingerprint density at radius 2 is 1.72 bits per heavy atom.